The molecule has 0 aliphatic rings. The van der Waals surface area contributed by atoms with E-state index in [0.717, 1.165) is 0 Å². The number of thiophene rings is 1. The second kappa shape index (κ2) is 2.17. The summed E-state index contributed by atoms with van der Waals surface area (Å²) in [7, 11) is 0.255. The minimum Gasteiger partial charge on any atom is -0.192 e. The van der Waals surface area contributed by atoms with Crippen LogP contribution in [-0.2, 0) is 0 Å². The normalized spacial score (nSPS) is 9.29. The Morgan fingerprint density at radius 2 is 2.57 bits per heavy atom. The van der Waals surface area contributed by atoms with Crippen molar-refractivity contribution in [2.75, 3.05) is 0 Å². The van der Waals surface area contributed by atoms with E-state index in [0.29, 0.717) is 0 Å². The highest BCUT2D eigenvalue weighted by Crippen LogP contribution is 1.89. The lowest BCUT2D eigenvalue weighted by Crippen LogP contribution is -2.01. The lowest BCUT2D eigenvalue weighted by atomic mass is 9.81. The van der Waals surface area contributed by atoms with Gasteiger partial charge in [-0.15, -0.1) is 0 Å². The molecule has 0 bridgehead atoms. The SMILES string of the molecule is C[BH2-]c1cccs1. The zero-order valence-corrected chi connectivity index (χ0v) is 5.46. The van der Waals surface area contributed by atoms with Gasteiger partial charge in [-0.05, 0) is 5.38 Å². The molecule has 0 fully saturated rings. The number of hydrogen-bond acceptors (Lipinski definition) is 1. The van der Waals surface area contributed by atoms with Gasteiger partial charge in [-0.3, -0.25) is 0 Å². The summed E-state index contributed by atoms with van der Waals surface area (Å²) in [4.78, 5) is 0. The summed E-state index contributed by atoms with van der Waals surface area (Å²) < 4.78 is 1.60. The fraction of sp³-hybridized carbons (Fsp3) is 0.200. The van der Waals surface area contributed by atoms with Gasteiger partial charge in [0.1, 0.15) is 0 Å². The van der Waals surface area contributed by atoms with Crippen molar-refractivity contribution >= 4 is 23.4 Å². The van der Waals surface area contributed by atoms with E-state index in [1.165, 1.54) is 0 Å². The third-order valence-corrected chi connectivity index (χ3v) is 2.37. The smallest absolute Gasteiger partial charge is 0.00470 e. The summed E-state index contributed by atoms with van der Waals surface area (Å²) in [5.74, 6) is 0. The molecule has 1 heterocycles. The lowest BCUT2D eigenvalue weighted by molar-refractivity contribution is 2.06. The molecule has 0 aromatic carbocycles. The first-order valence-electron chi connectivity index (χ1n) is 2.90. The molecule has 1 aromatic rings. The van der Waals surface area contributed by atoms with Gasteiger partial charge in [0.2, 0.25) is 0 Å². The highest BCUT2D eigenvalue weighted by atomic mass is 32.1. The highest BCUT2D eigenvalue weighted by Gasteiger charge is 1.76. The Morgan fingerprint density at radius 1 is 1.71 bits per heavy atom. The monoisotopic (exact) mass is 111 g/mol. The molecule has 0 spiro atoms. The van der Waals surface area contributed by atoms with Crippen LogP contribution >= 0.6 is 11.3 Å². The van der Waals surface area contributed by atoms with Crippen LogP contribution in [0.5, 0.6) is 0 Å². The maximum atomic E-state index is 2.30. The number of rotatable bonds is 1. The molecule has 0 unspecified atom stereocenters. The standard InChI is InChI=1S/C5H8BS/c1-6-5-3-2-4-7-5/h2-4H,6H2,1H3/q-1. The maximum Gasteiger partial charge on any atom is 0.00470 e. The average Bonchev–Trinajstić information content (AvgIpc) is 2.14. The third kappa shape index (κ3) is 1.06. The molecule has 1 aromatic heterocycles. The molecule has 0 saturated carbocycles. The molecule has 0 amide bonds. The van der Waals surface area contributed by atoms with Gasteiger partial charge in [0, 0.05) is 7.28 Å². The minimum atomic E-state index is 0.255. The Labute approximate surface area is 48.4 Å². The van der Waals surface area contributed by atoms with E-state index in [1.54, 1.807) is 4.78 Å². The topological polar surface area (TPSA) is 0 Å². The maximum absolute atomic E-state index is 2.30. The molecule has 7 heavy (non-hydrogen) atoms. The van der Waals surface area contributed by atoms with Crippen molar-refractivity contribution in [2.45, 2.75) is 6.82 Å². The van der Waals surface area contributed by atoms with Crippen molar-refractivity contribution in [3.63, 3.8) is 0 Å². The fourth-order valence-electron chi connectivity index (χ4n) is 0.645. The molecule has 0 aliphatic carbocycles. The molecule has 0 aliphatic heterocycles. The summed E-state index contributed by atoms with van der Waals surface area (Å²) in [6, 6.07) is 4.33. The van der Waals surface area contributed by atoms with Gasteiger partial charge in [-0.25, -0.2) is 0 Å². The van der Waals surface area contributed by atoms with E-state index in [1.807, 2.05) is 11.3 Å². The van der Waals surface area contributed by atoms with E-state index in [2.05, 4.69) is 24.3 Å². The van der Waals surface area contributed by atoms with E-state index < -0.39 is 0 Å². The van der Waals surface area contributed by atoms with Gasteiger partial charge in [0.15, 0.2) is 0 Å². The quantitative estimate of drug-likeness (QED) is 0.465. The van der Waals surface area contributed by atoms with Crippen molar-refractivity contribution < 1.29 is 0 Å². The van der Waals surface area contributed by atoms with Crippen molar-refractivity contribution in [1.29, 1.82) is 0 Å². The van der Waals surface area contributed by atoms with Crippen LogP contribution in [0.25, 0.3) is 0 Å². The molecule has 1 rings (SSSR count). The van der Waals surface area contributed by atoms with Crippen LogP contribution in [0.2, 0.25) is 6.82 Å². The molecule has 0 radical (unpaired) electrons. The molecule has 0 saturated heterocycles. The zero-order valence-electron chi connectivity index (χ0n) is 4.64. The first-order chi connectivity index (χ1) is 3.43. The van der Waals surface area contributed by atoms with Crippen LogP contribution in [0.4, 0.5) is 0 Å². The van der Waals surface area contributed by atoms with Crippen molar-refractivity contribution in [3.05, 3.63) is 17.5 Å². The van der Waals surface area contributed by atoms with Crippen LogP contribution in [-0.4, -0.2) is 7.28 Å². The average molecular weight is 111 g/mol. The Balaban J connectivity index is 2.76. The Bertz CT molecular complexity index is 123. The van der Waals surface area contributed by atoms with E-state index in [-0.39, 0.29) is 7.28 Å². The summed E-state index contributed by atoms with van der Waals surface area (Å²) >= 11 is 1.88. The molecule has 0 atom stereocenters. The van der Waals surface area contributed by atoms with Gasteiger partial charge in [-0.1, -0.05) is 12.1 Å². The zero-order chi connectivity index (χ0) is 5.11. The molecule has 2 heteroatoms. The first-order valence-corrected chi connectivity index (χ1v) is 3.77. The van der Waals surface area contributed by atoms with E-state index >= 15 is 0 Å². The molecule has 38 valence electrons. The predicted octanol–water partition coefficient (Wildman–Crippen LogP) is 0.590. The molecule has 0 N–H and O–H groups in total. The minimum absolute atomic E-state index is 0.255. The molecular weight excluding hydrogens is 103 g/mol. The first kappa shape index (κ1) is 4.91. The summed E-state index contributed by atoms with van der Waals surface area (Å²) in [6.07, 6.45) is 0. The Kier molecular flexibility index (Phi) is 1.52. The second-order valence-electron chi connectivity index (χ2n) is 1.72. The van der Waals surface area contributed by atoms with Crippen molar-refractivity contribution in [3.8, 4) is 0 Å². The predicted molar refractivity (Wildman–Crippen MR) is 38.4 cm³/mol. The fourth-order valence-corrected chi connectivity index (χ4v) is 1.41. The Morgan fingerprint density at radius 3 is 2.86 bits per heavy atom. The van der Waals surface area contributed by atoms with Crippen LogP contribution in [0.15, 0.2) is 17.5 Å². The van der Waals surface area contributed by atoms with Crippen molar-refractivity contribution in [1.82, 2.24) is 0 Å². The van der Waals surface area contributed by atoms with Gasteiger partial charge < -0.3 is 0 Å². The van der Waals surface area contributed by atoms with E-state index in [4.69, 9.17) is 0 Å². The number of hydrogen-bond donors (Lipinski definition) is 0. The Hall–Kier alpha value is -0.235. The van der Waals surface area contributed by atoms with Gasteiger partial charge in [-0.2, -0.15) is 22.9 Å². The second-order valence-corrected chi connectivity index (χ2v) is 2.88. The van der Waals surface area contributed by atoms with Crippen molar-refractivity contribution in [2.24, 2.45) is 0 Å². The van der Waals surface area contributed by atoms with E-state index in [9.17, 15) is 0 Å². The largest absolute Gasteiger partial charge is 0.192 e. The van der Waals surface area contributed by atoms with Crippen LogP contribution in [0, 0.1) is 0 Å². The molecular formula is C5H8BS-. The van der Waals surface area contributed by atoms with Crippen LogP contribution in [0.1, 0.15) is 0 Å². The lowest BCUT2D eigenvalue weighted by Gasteiger charge is -1.86. The summed E-state index contributed by atoms with van der Waals surface area (Å²) in [5, 5.41) is 2.14. The summed E-state index contributed by atoms with van der Waals surface area (Å²) in [6.45, 7) is 2.30. The third-order valence-electron chi connectivity index (χ3n) is 1.16. The van der Waals surface area contributed by atoms with Gasteiger partial charge >= 0.3 is 0 Å². The van der Waals surface area contributed by atoms with Gasteiger partial charge in [0.25, 0.3) is 0 Å². The summed E-state index contributed by atoms with van der Waals surface area (Å²) in [5.41, 5.74) is 0. The van der Waals surface area contributed by atoms with Crippen LogP contribution in [0.3, 0.4) is 0 Å². The van der Waals surface area contributed by atoms with Crippen LogP contribution < -0.4 is 4.78 Å². The van der Waals surface area contributed by atoms with Gasteiger partial charge in [0.05, 0.1) is 0 Å². The molecule has 0 nitrogen and oxygen atoms in total. The highest BCUT2D eigenvalue weighted by molar-refractivity contribution is 7.19.